The summed E-state index contributed by atoms with van der Waals surface area (Å²) < 4.78 is 1.95. The average Bonchev–Trinajstić information content (AvgIpc) is 3.12. The van der Waals surface area contributed by atoms with Gasteiger partial charge in [0.05, 0.1) is 6.04 Å². The lowest BCUT2D eigenvalue weighted by Crippen LogP contribution is -2.30. The zero-order chi connectivity index (χ0) is 19.9. The first-order valence-corrected chi connectivity index (χ1v) is 11.7. The predicted molar refractivity (Wildman–Crippen MR) is 118 cm³/mol. The largest absolute Gasteiger partial charge is 0.346 e. The molecule has 0 fully saturated rings. The van der Waals surface area contributed by atoms with Crippen LogP contribution in [0.4, 0.5) is 0 Å². The summed E-state index contributed by atoms with van der Waals surface area (Å²) in [6, 6.07) is 12.1. The van der Waals surface area contributed by atoms with E-state index in [4.69, 9.17) is 0 Å². The molecular weight excluding hydrogens is 388 g/mol. The minimum atomic E-state index is -0.135. The third-order valence-electron chi connectivity index (χ3n) is 4.67. The SMILES string of the molecule is CSCCC(NC(=O)CCSc1ccc(C)c(C)c1)c1nnc2ccccn12. The minimum absolute atomic E-state index is 0.0510. The molecule has 0 bridgehead atoms. The van der Waals surface area contributed by atoms with E-state index in [0.717, 1.165) is 29.4 Å². The lowest BCUT2D eigenvalue weighted by molar-refractivity contribution is -0.121. The van der Waals surface area contributed by atoms with Crippen molar-refractivity contribution in [3.05, 3.63) is 59.5 Å². The van der Waals surface area contributed by atoms with Gasteiger partial charge in [0.15, 0.2) is 11.5 Å². The van der Waals surface area contributed by atoms with Gasteiger partial charge in [-0.3, -0.25) is 9.20 Å². The number of nitrogens with one attached hydrogen (secondary N) is 1. The highest BCUT2D eigenvalue weighted by atomic mass is 32.2. The maximum atomic E-state index is 12.6. The van der Waals surface area contributed by atoms with Crippen molar-refractivity contribution >= 4 is 35.1 Å². The number of carbonyl (C=O) groups is 1. The molecule has 5 nitrogen and oxygen atoms in total. The molecule has 3 rings (SSSR count). The fourth-order valence-electron chi connectivity index (χ4n) is 2.93. The summed E-state index contributed by atoms with van der Waals surface area (Å²) >= 11 is 3.48. The standard InChI is InChI=1S/C21H26N4OS2/c1-15-7-8-17(14-16(15)2)28-13-10-20(26)22-18(9-12-27-3)21-24-23-19-6-4-5-11-25(19)21/h4-8,11,14,18H,9-10,12-13H2,1-3H3,(H,22,26). The van der Waals surface area contributed by atoms with Gasteiger partial charge in [0.2, 0.25) is 5.91 Å². The molecule has 3 aromatic rings. The Morgan fingerprint density at radius 3 is 2.79 bits per heavy atom. The number of amides is 1. The molecule has 0 spiro atoms. The second-order valence-corrected chi connectivity index (χ2v) is 8.89. The first-order valence-electron chi connectivity index (χ1n) is 9.36. The molecule has 1 atom stereocenters. The molecule has 0 aliphatic heterocycles. The summed E-state index contributed by atoms with van der Waals surface area (Å²) in [5.41, 5.74) is 3.37. The molecule has 1 amide bonds. The molecule has 28 heavy (non-hydrogen) atoms. The van der Waals surface area contributed by atoms with Gasteiger partial charge in [-0.15, -0.1) is 22.0 Å². The van der Waals surface area contributed by atoms with Crippen LogP contribution in [-0.4, -0.2) is 38.3 Å². The molecule has 0 saturated heterocycles. The molecule has 0 aliphatic rings. The van der Waals surface area contributed by atoms with Gasteiger partial charge in [0.25, 0.3) is 0 Å². The third-order valence-corrected chi connectivity index (χ3v) is 6.31. The van der Waals surface area contributed by atoms with Crippen molar-refractivity contribution in [2.45, 2.75) is 37.6 Å². The Morgan fingerprint density at radius 1 is 1.14 bits per heavy atom. The summed E-state index contributed by atoms with van der Waals surface area (Å²) in [6.45, 7) is 4.23. The van der Waals surface area contributed by atoms with Crippen LogP contribution in [0.5, 0.6) is 0 Å². The molecule has 7 heteroatoms. The average molecular weight is 415 g/mol. The topological polar surface area (TPSA) is 59.3 Å². The minimum Gasteiger partial charge on any atom is -0.346 e. The number of hydrogen-bond donors (Lipinski definition) is 1. The van der Waals surface area contributed by atoms with Crippen molar-refractivity contribution in [2.24, 2.45) is 0 Å². The highest BCUT2D eigenvalue weighted by Gasteiger charge is 2.20. The van der Waals surface area contributed by atoms with E-state index < -0.39 is 0 Å². The number of nitrogens with zero attached hydrogens (tertiary/aromatic N) is 3. The molecule has 1 unspecified atom stereocenters. The van der Waals surface area contributed by atoms with Gasteiger partial charge < -0.3 is 5.32 Å². The van der Waals surface area contributed by atoms with Gasteiger partial charge in [-0.05, 0) is 67.7 Å². The van der Waals surface area contributed by atoms with Crippen molar-refractivity contribution in [3.63, 3.8) is 0 Å². The summed E-state index contributed by atoms with van der Waals surface area (Å²) in [4.78, 5) is 13.8. The van der Waals surface area contributed by atoms with Crippen LogP contribution in [0.2, 0.25) is 0 Å². The Bertz CT molecular complexity index is 941. The van der Waals surface area contributed by atoms with Crippen molar-refractivity contribution in [1.29, 1.82) is 0 Å². The van der Waals surface area contributed by atoms with E-state index in [1.165, 1.54) is 16.0 Å². The number of pyridine rings is 1. The number of aryl methyl sites for hydroxylation is 2. The molecule has 0 radical (unpaired) electrons. The third kappa shape index (κ3) is 5.29. The summed E-state index contributed by atoms with van der Waals surface area (Å²) in [5, 5.41) is 11.7. The summed E-state index contributed by atoms with van der Waals surface area (Å²) in [6.07, 6.45) is 5.32. The number of benzene rings is 1. The fraction of sp³-hybridized carbons (Fsp3) is 0.381. The molecule has 1 aromatic carbocycles. The first-order chi connectivity index (χ1) is 13.6. The van der Waals surface area contributed by atoms with Crippen LogP contribution >= 0.6 is 23.5 Å². The molecule has 0 saturated carbocycles. The van der Waals surface area contributed by atoms with Crippen LogP contribution in [0.3, 0.4) is 0 Å². The van der Waals surface area contributed by atoms with E-state index >= 15 is 0 Å². The van der Waals surface area contributed by atoms with E-state index in [2.05, 4.69) is 53.8 Å². The smallest absolute Gasteiger partial charge is 0.221 e. The fourth-order valence-corrected chi connectivity index (χ4v) is 4.35. The quantitative estimate of drug-likeness (QED) is 0.525. The van der Waals surface area contributed by atoms with Crippen LogP contribution < -0.4 is 5.32 Å². The zero-order valence-electron chi connectivity index (χ0n) is 16.5. The van der Waals surface area contributed by atoms with E-state index in [1.54, 1.807) is 23.5 Å². The molecular formula is C21H26N4OS2. The van der Waals surface area contributed by atoms with Gasteiger partial charge in [-0.1, -0.05) is 12.1 Å². The van der Waals surface area contributed by atoms with Crippen molar-refractivity contribution < 1.29 is 4.79 Å². The van der Waals surface area contributed by atoms with E-state index in [-0.39, 0.29) is 11.9 Å². The van der Waals surface area contributed by atoms with Crippen LogP contribution in [-0.2, 0) is 4.79 Å². The molecule has 1 N–H and O–H groups in total. The van der Waals surface area contributed by atoms with Gasteiger partial charge in [0, 0.05) is 23.3 Å². The van der Waals surface area contributed by atoms with Crippen LogP contribution in [0.1, 0.15) is 35.8 Å². The van der Waals surface area contributed by atoms with E-state index in [1.807, 2.05) is 28.8 Å². The van der Waals surface area contributed by atoms with Crippen molar-refractivity contribution in [2.75, 3.05) is 17.8 Å². The normalized spacial score (nSPS) is 12.2. The molecule has 148 valence electrons. The Kier molecular flexibility index (Phi) is 7.39. The van der Waals surface area contributed by atoms with Gasteiger partial charge >= 0.3 is 0 Å². The Labute approximate surface area is 174 Å². The first kappa shape index (κ1) is 20.7. The number of aromatic nitrogens is 3. The number of fused-ring (bicyclic) bond motifs is 1. The maximum Gasteiger partial charge on any atom is 0.221 e. The monoisotopic (exact) mass is 414 g/mol. The second-order valence-electron chi connectivity index (χ2n) is 6.73. The molecule has 2 heterocycles. The summed E-state index contributed by atoms with van der Waals surface area (Å²) in [5.74, 6) is 2.55. The number of carbonyl (C=O) groups excluding carboxylic acids is 1. The van der Waals surface area contributed by atoms with E-state index in [0.29, 0.717) is 6.42 Å². The Hall–Kier alpha value is -1.99. The molecule has 2 aromatic heterocycles. The number of thioether (sulfide) groups is 2. The Balaban J connectivity index is 1.60. The van der Waals surface area contributed by atoms with Crippen molar-refractivity contribution in [1.82, 2.24) is 19.9 Å². The lowest BCUT2D eigenvalue weighted by atomic mass is 10.1. The summed E-state index contributed by atoms with van der Waals surface area (Å²) in [7, 11) is 0. The highest BCUT2D eigenvalue weighted by molar-refractivity contribution is 7.99. The van der Waals surface area contributed by atoms with Crippen LogP contribution in [0.15, 0.2) is 47.5 Å². The molecule has 0 aliphatic carbocycles. The highest BCUT2D eigenvalue weighted by Crippen LogP contribution is 2.22. The number of hydrogen-bond acceptors (Lipinski definition) is 5. The Morgan fingerprint density at radius 2 is 2.00 bits per heavy atom. The lowest BCUT2D eigenvalue weighted by Gasteiger charge is -2.17. The second kappa shape index (κ2) is 9.98. The van der Waals surface area contributed by atoms with Gasteiger partial charge in [0.1, 0.15) is 0 Å². The zero-order valence-corrected chi connectivity index (χ0v) is 18.1. The number of rotatable bonds is 9. The predicted octanol–water partition coefficient (Wildman–Crippen LogP) is 4.44. The maximum absolute atomic E-state index is 12.6. The van der Waals surface area contributed by atoms with E-state index in [9.17, 15) is 4.79 Å². The van der Waals surface area contributed by atoms with Crippen LogP contribution in [0, 0.1) is 13.8 Å². The van der Waals surface area contributed by atoms with Gasteiger partial charge in [-0.25, -0.2) is 0 Å². The van der Waals surface area contributed by atoms with Crippen LogP contribution in [0.25, 0.3) is 5.65 Å². The van der Waals surface area contributed by atoms with Crippen molar-refractivity contribution in [3.8, 4) is 0 Å². The van der Waals surface area contributed by atoms with Gasteiger partial charge in [-0.2, -0.15) is 11.8 Å².